The molecule has 31 heavy (non-hydrogen) atoms. The van der Waals surface area contributed by atoms with Gasteiger partial charge in [-0.2, -0.15) is 0 Å². The van der Waals surface area contributed by atoms with Crippen molar-refractivity contribution in [2.75, 3.05) is 20.3 Å². The lowest BCUT2D eigenvalue weighted by molar-refractivity contribution is -0.121. The third kappa shape index (κ3) is 4.71. The fourth-order valence-electron chi connectivity index (χ4n) is 4.68. The van der Waals surface area contributed by atoms with Gasteiger partial charge in [-0.25, -0.2) is 0 Å². The van der Waals surface area contributed by atoms with Crippen LogP contribution >= 0.6 is 0 Å². The summed E-state index contributed by atoms with van der Waals surface area (Å²) in [6, 6.07) is 16.0. The number of carbonyl (C=O) groups excluding carboxylic acids is 1. The molecule has 164 valence electrons. The molecule has 5 nitrogen and oxygen atoms in total. The normalized spacial score (nSPS) is 15.5. The number of ether oxygens (including phenoxy) is 2. The number of carbonyl (C=O) groups is 1. The van der Waals surface area contributed by atoms with Gasteiger partial charge in [-0.3, -0.25) is 4.79 Å². The summed E-state index contributed by atoms with van der Waals surface area (Å²) < 4.78 is 17.1. The first-order valence-corrected chi connectivity index (χ1v) is 11.2. The molecule has 0 aliphatic heterocycles. The maximum atomic E-state index is 12.8. The van der Waals surface area contributed by atoms with E-state index in [0.717, 1.165) is 48.2 Å². The molecule has 1 aliphatic rings. The van der Waals surface area contributed by atoms with Crippen molar-refractivity contribution >= 4 is 16.9 Å². The van der Waals surface area contributed by atoms with Crippen molar-refractivity contribution in [3.8, 4) is 11.5 Å². The van der Waals surface area contributed by atoms with Gasteiger partial charge in [-0.1, -0.05) is 43.5 Å². The van der Waals surface area contributed by atoms with Crippen LogP contribution in [0.3, 0.4) is 0 Å². The van der Waals surface area contributed by atoms with Crippen LogP contribution in [0.25, 0.3) is 11.0 Å². The minimum atomic E-state index is -0.0834. The van der Waals surface area contributed by atoms with Crippen LogP contribution in [0.4, 0.5) is 0 Å². The lowest BCUT2D eigenvalue weighted by Crippen LogP contribution is -2.42. The van der Waals surface area contributed by atoms with E-state index in [-0.39, 0.29) is 17.7 Å². The summed E-state index contributed by atoms with van der Waals surface area (Å²) in [6.07, 6.45) is 5.91. The van der Waals surface area contributed by atoms with Crippen molar-refractivity contribution in [2.24, 2.45) is 0 Å². The molecule has 2 aromatic carbocycles. The average molecular weight is 422 g/mol. The van der Waals surface area contributed by atoms with Gasteiger partial charge in [-0.15, -0.1) is 0 Å². The zero-order valence-electron chi connectivity index (χ0n) is 18.4. The van der Waals surface area contributed by atoms with E-state index in [4.69, 9.17) is 13.9 Å². The van der Waals surface area contributed by atoms with E-state index in [1.807, 2.05) is 43.3 Å². The molecule has 0 bridgehead atoms. The number of amides is 1. The Morgan fingerprint density at radius 2 is 1.87 bits per heavy atom. The van der Waals surface area contributed by atoms with Gasteiger partial charge >= 0.3 is 0 Å². The minimum absolute atomic E-state index is 0.0115. The molecule has 5 heteroatoms. The summed E-state index contributed by atoms with van der Waals surface area (Å²) >= 11 is 0. The molecule has 1 N–H and O–H groups in total. The second kappa shape index (κ2) is 9.46. The first-order valence-electron chi connectivity index (χ1n) is 11.2. The molecule has 0 saturated heterocycles. The van der Waals surface area contributed by atoms with E-state index in [2.05, 4.69) is 17.4 Å². The molecule has 0 spiro atoms. The van der Waals surface area contributed by atoms with Crippen molar-refractivity contribution < 1.29 is 18.7 Å². The van der Waals surface area contributed by atoms with Crippen molar-refractivity contribution in [1.29, 1.82) is 0 Å². The summed E-state index contributed by atoms with van der Waals surface area (Å²) in [5.74, 6) is 2.19. The summed E-state index contributed by atoms with van der Waals surface area (Å²) in [5.41, 5.74) is 1.94. The Kier molecular flexibility index (Phi) is 6.50. The fourth-order valence-corrected chi connectivity index (χ4v) is 4.68. The monoisotopic (exact) mass is 421 g/mol. The van der Waals surface area contributed by atoms with E-state index >= 15 is 0 Å². The van der Waals surface area contributed by atoms with Crippen molar-refractivity contribution in [3.05, 3.63) is 59.9 Å². The summed E-state index contributed by atoms with van der Waals surface area (Å²) in [6.45, 7) is 3.17. The van der Waals surface area contributed by atoms with Gasteiger partial charge in [0, 0.05) is 17.3 Å². The second-order valence-electron chi connectivity index (χ2n) is 8.34. The maximum absolute atomic E-state index is 12.8. The predicted molar refractivity (Wildman–Crippen MR) is 122 cm³/mol. The molecule has 1 saturated carbocycles. The van der Waals surface area contributed by atoms with Crippen LogP contribution in [0, 0.1) is 0 Å². The van der Waals surface area contributed by atoms with Gasteiger partial charge in [0.15, 0.2) is 11.5 Å². The zero-order chi connectivity index (χ0) is 21.7. The zero-order valence-corrected chi connectivity index (χ0v) is 18.4. The van der Waals surface area contributed by atoms with Gasteiger partial charge < -0.3 is 19.2 Å². The number of para-hydroxylation sites is 1. The van der Waals surface area contributed by atoms with E-state index in [0.29, 0.717) is 18.9 Å². The number of furan rings is 1. The van der Waals surface area contributed by atoms with Crippen LogP contribution in [-0.4, -0.2) is 26.2 Å². The molecule has 0 unspecified atom stereocenters. The highest BCUT2D eigenvalue weighted by Crippen LogP contribution is 2.42. The fraction of sp³-hybridized carbons (Fsp3) is 0.423. The summed E-state index contributed by atoms with van der Waals surface area (Å²) in [7, 11) is 1.66. The van der Waals surface area contributed by atoms with Crippen molar-refractivity contribution in [3.63, 3.8) is 0 Å². The highest BCUT2D eigenvalue weighted by molar-refractivity contribution is 5.82. The average Bonchev–Trinajstić information content (AvgIpc) is 3.21. The summed E-state index contributed by atoms with van der Waals surface area (Å²) in [4.78, 5) is 12.8. The van der Waals surface area contributed by atoms with E-state index < -0.39 is 0 Å². The van der Waals surface area contributed by atoms with Gasteiger partial charge in [0.1, 0.15) is 11.3 Å². The minimum Gasteiger partial charge on any atom is -0.493 e. The van der Waals surface area contributed by atoms with Crippen LogP contribution in [0.1, 0.15) is 50.4 Å². The molecule has 0 radical (unpaired) electrons. The van der Waals surface area contributed by atoms with E-state index in [1.165, 1.54) is 12.0 Å². The molecule has 1 fully saturated rings. The lowest BCUT2D eigenvalue weighted by atomic mass is 9.69. The predicted octanol–water partition coefficient (Wildman–Crippen LogP) is 5.40. The number of benzene rings is 2. The molecular weight excluding hydrogens is 390 g/mol. The van der Waals surface area contributed by atoms with E-state index in [9.17, 15) is 4.79 Å². The standard InChI is InChI=1S/C26H31NO4/c1-3-30-24-16-20(11-12-23(24)29-2)26(13-7-4-8-14-26)18-27-25(28)17-21-15-19-9-5-6-10-22(19)31-21/h5-6,9-12,15-16H,3-4,7-8,13-14,17-18H2,1-2H3,(H,27,28). The number of nitrogens with one attached hydrogen (secondary N) is 1. The Morgan fingerprint density at radius 1 is 1.06 bits per heavy atom. The van der Waals surface area contributed by atoms with Crippen molar-refractivity contribution in [1.82, 2.24) is 5.32 Å². The number of fused-ring (bicyclic) bond motifs is 1. The lowest BCUT2D eigenvalue weighted by Gasteiger charge is -2.38. The Hall–Kier alpha value is -2.95. The van der Waals surface area contributed by atoms with Crippen LogP contribution in [0.2, 0.25) is 0 Å². The molecule has 4 rings (SSSR count). The molecule has 3 aromatic rings. The smallest absolute Gasteiger partial charge is 0.227 e. The quantitative estimate of drug-likeness (QED) is 0.529. The highest BCUT2D eigenvalue weighted by Gasteiger charge is 2.35. The van der Waals surface area contributed by atoms with Crippen LogP contribution in [0.15, 0.2) is 52.9 Å². The van der Waals surface area contributed by atoms with E-state index in [1.54, 1.807) is 7.11 Å². The number of rotatable bonds is 8. The molecule has 1 amide bonds. The third-order valence-electron chi connectivity index (χ3n) is 6.32. The molecular formula is C26H31NO4. The number of methoxy groups -OCH3 is 1. The number of hydrogen-bond acceptors (Lipinski definition) is 4. The van der Waals surface area contributed by atoms with Crippen LogP contribution in [0.5, 0.6) is 11.5 Å². The van der Waals surface area contributed by atoms with Gasteiger partial charge in [0.2, 0.25) is 5.91 Å². The Bertz CT molecular complexity index is 1000. The van der Waals surface area contributed by atoms with Crippen LogP contribution < -0.4 is 14.8 Å². The first-order chi connectivity index (χ1) is 15.1. The molecule has 0 atom stereocenters. The largest absolute Gasteiger partial charge is 0.493 e. The maximum Gasteiger partial charge on any atom is 0.227 e. The third-order valence-corrected chi connectivity index (χ3v) is 6.32. The van der Waals surface area contributed by atoms with Gasteiger partial charge in [-0.05, 0) is 49.6 Å². The molecule has 1 heterocycles. The number of hydrogen-bond donors (Lipinski definition) is 1. The molecule has 1 aromatic heterocycles. The van der Waals surface area contributed by atoms with Gasteiger partial charge in [0.25, 0.3) is 0 Å². The van der Waals surface area contributed by atoms with Gasteiger partial charge in [0.05, 0.1) is 20.1 Å². The SMILES string of the molecule is CCOc1cc(C2(CNC(=O)Cc3cc4ccccc4o3)CCCCC2)ccc1OC. The van der Waals surface area contributed by atoms with Crippen LogP contribution in [-0.2, 0) is 16.6 Å². The second-order valence-corrected chi connectivity index (χ2v) is 8.34. The first kappa shape index (κ1) is 21.3. The Balaban J connectivity index is 1.50. The Labute approximate surface area is 183 Å². The molecule has 1 aliphatic carbocycles. The van der Waals surface area contributed by atoms with Crippen molar-refractivity contribution in [2.45, 2.75) is 50.9 Å². The summed E-state index contributed by atoms with van der Waals surface area (Å²) in [5, 5.41) is 4.22. The topological polar surface area (TPSA) is 60.7 Å². The Morgan fingerprint density at radius 3 is 2.61 bits per heavy atom. The highest BCUT2D eigenvalue weighted by atomic mass is 16.5.